The number of nitrogens with zero attached hydrogens (tertiary/aromatic N) is 1. The Balaban J connectivity index is 1.80. The molecule has 2 aromatic carbocycles. The van der Waals surface area contributed by atoms with Crippen molar-refractivity contribution in [3.8, 4) is 11.1 Å². The number of benzene rings is 2. The van der Waals surface area contributed by atoms with Crippen molar-refractivity contribution in [2.75, 3.05) is 6.54 Å². The molecule has 4 nitrogen and oxygen atoms in total. The zero-order valence-corrected chi connectivity index (χ0v) is 12.9. The first-order valence-corrected chi connectivity index (χ1v) is 7.84. The lowest BCUT2D eigenvalue weighted by Gasteiger charge is -2.26. The van der Waals surface area contributed by atoms with Crippen LogP contribution in [0.2, 0.25) is 0 Å². The molecule has 0 atom stereocenters. The molecule has 1 aliphatic heterocycles. The van der Waals surface area contributed by atoms with E-state index in [0.717, 1.165) is 30.5 Å². The number of carboxylic acid groups (broad SMARTS) is 1. The van der Waals surface area contributed by atoms with Crippen LogP contribution in [0.15, 0.2) is 48.5 Å². The Morgan fingerprint density at radius 2 is 1.78 bits per heavy atom. The summed E-state index contributed by atoms with van der Waals surface area (Å²) in [4.78, 5) is 25.1. The van der Waals surface area contributed by atoms with E-state index in [0.29, 0.717) is 24.1 Å². The highest BCUT2D eigenvalue weighted by molar-refractivity contribution is 5.96. The van der Waals surface area contributed by atoms with E-state index in [-0.39, 0.29) is 5.91 Å². The van der Waals surface area contributed by atoms with Gasteiger partial charge in [-0.2, -0.15) is 0 Å². The number of rotatable bonds is 4. The molecule has 1 N–H and O–H groups in total. The van der Waals surface area contributed by atoms with E-state index in [2.05, 4.69) is 0 Å². The molecule has 2 aromatic rings. The largest absolute Gasteiger partial charge is 0.478 e. The number of hydrogen-bond acceptors (Lipinski definition) is 2. The number of carbonyl (C=O) groups is 2. The van der Waals surface area contributed by atoms with E-state index in [1.807, 2.05) is 41.3 Å². The van der Waals surface area contributed by atoms with Crippen molar-refractivity contribution in [1.29, 1.82) is 0 Å². The SMILES string of the molecule is O=C(O)c1ccccc1-c1ccc(CN2CCCCC2=O)cc1. The number of carboxylic acids is 1. The van der Waals surface area contributed by atoms with Gasteiger partial charge in [-0.25, -0.2) is 4.79 Å². The molecule has 23 heavy (non-hydrogen) atoms. The Labute approximate surface area is 135 Å². The lowest BCUT2D eigenvalue weighted by molar-refractivity contribution is -0.133. The fourth-order valence-corrected chi connectivity index (χ4v) is 2.96. The summed E-state index contributed by atoms with van der Waals surface area (Å²) in [7, 11) is 0. The minimum atomic E-state index is -0.927. The molecule has 1 fully saturated rings. The van der Waals surface area contributed by atoms with Crippen LogP contribution in [-0.4, -0.2) is 28.4 Å². The third-order valence-corrected chi connectivity index (χ3v) is 4.22. The van der Waals surface area contributed by atoms with Gasteiger partial charge in [0.1, 0.15) is 0 Å². The molecule has 0 unspecified atom stereocenters. The maximum Gasteiger partial charge on any atom is 0.336 e. The number of piperidine rings is 1. The quantitative estimate of drug-likeness (QED) is 0.939. The van der Waals surface area contributed by atoms with Crippen LogP contribution in [0.25, 0.3) is 11.1 Å². The van der Waals surface area contributed by atoms with Crippen molar-refractivity contribution in [1.82, 2.24) is 4.90 Å². The molecular formula is C19H19NO3. The minimum absolute atomic E-state index is 0.219. The van der Waals surface area contributed by atoms with Gasteiger partial charge in [0.2, 0.25) is 5.91 Å². The molecule has 0 radical (unpaired) electrons. The normalized spacial score (nSPS) is 14.8. The zero-order valence-electron chi connectivity index (χ0n) is 12.9. The maximum atomic E-state index is 11.9. The molecule has 0 bridgehead atoms. The highest BCUT2D eigenvalue weighted by Crippen LogP contribution is 2.25. The summed E-state index contributed by atoms with van der Waals surface area (Å²) in [5, 5.41) is 9.28. The third kappa shape index (κ3) is 3.42. The van der Waals surface area contributed by atoms with E-state index in [9.17, 15) is 14.7 Å². The molecule has 0 saturated carbocycles. The van der Waals surface area contributed by atoms with Gasteiger partial charge < -0.3 is 10.0 Å². The molecule has 1 heterocycles. The van der Waals surface area contributed by atoms with Crippen LogP contribution < -0.4 is 0 Å². The molecule has 0 aliphatic carbocycles. The van der Waals surface area contributed by atoms with E-state index in [1.165, 1.54) is 0 Å². The number of carbonyl (C=O) groups excluding carboxylic acids is 1. The first-order valence-electron chi connectivity index (χ1n) is 7.84. The molecule has 1 saturated heterocycles. The van der Waals surface area contributed by atoms with Gasteiger partial charge in [-0.1, -0.05) is 42.5 Å². The third-order valence-electron chi connectivity index (χ3n) is 4.22. The number of amides is 1. The second-order valence-corrected chi connectivity index (χ2v) is 5.82. The molecule has 0 spiro atoms. The second-order valence-electron chi connectivity index (χ2n) is 5.82. The molecule has 3 rings (SSSR count). The van der Waals surface area contributed by atoms with Gasteiger partial charge in [0, 0.05) is 19.5 Å². The highest BCUT2D eigenvalue weighted by atomic mass is 16.4. The Morgan fingerprint density at radius 1 is 1.04 bits per heavy atom. The van der Waals surface area contributed by atoms with Crippen molar-refractivity contribution >= 4 is 11.9 Å². The lowest BCUT2D eigenvalue weighted by atomic mass is 9.98. The Kier molecular flexibility index (Phi) is 4.42. The summed E-state index contributed by atoms with van der Waals surface area (Å²) in [5.74, 6) is -0.708. The van der Waals surface area contributed by atoms with E-state index in [4.69, 9.17) is 0 Å². The van der Waals surface area contributed by atoms with Gasteiger partial charge in [-0.05, 0) is 35.6 Å². The average Bonchev–Trinajstić information content (AvgIpc) is 2.58. The summed E-state index contributed by atoms with van der Waals surface area (Å²) < 4.78 is 0. The molecule has 1 aliphatic rings. The van der Waals surface area contributed by atoms with Crippen LogP contribution >= 0.6 is 0 Å². The fraction of sp³-hybridized carbons (Fsp3) is 0.263. The van der Waals surface area contributed by atoms with Crippen molar-refractivity contribution in [3.63, 3.8) is 0 Å². The summed E-state index contributed by atoms with van der Waals surface area (Å²) in [6, 6.07) is 14.8. The molecule has 118 valence electrons. The van der Waals surface area contributed by atoms with Crippen molar-refractivity contribution in [2.45, 2.75) is 25.8 Å². The Hall–Kier alpha value is -2.62. The van der Waals surface area contributed by atoms with Crippen LogP contribution in [0.1, 0.15) is 35.2 Å². The summed E-state index contributed by atoms with van der Waals surface area (Å²) in [6.45, 7) is 1.45. The fourth-order valence-electron chi connectivity index (χ4n) is 2.96. The molecular weight excluding hydrogens is 290 g/mol. The number of hydrogen-bond donors (Lipinski definition) is 1. The van der Waals surface area contributed by atoms with Crippen molar-refractivity contribution in [3.05, 3.63) is 59.7 Å². The van der Waals surface area contributed by atoms with Crippen molar-refractivity contribution in [2.24, 2.45) is 0 Å². The van der Waals surface area contributed by atoms with Crippen LogP contribution in [0.3, 0.4) is 0 Å². The Morgan fingerprint density at radius 3 is 2.48 bits per heavy atom. The molecule has 0 aromatic heterocycles. The van der Waals surface area contributed by atoms with Gasteiger partial charge >= 0.3 is 5.97 Å². The first-order chi connectivity index (χ1) is 11.1. The first kappa shape index (κ1) is 15.3. The van der Waals surface area contributed by atoms with Gasteiger partial charge in [0.25, 0.3) is 0 Å². The summed E-state index contributed by atoms with van der Waals surface area (Å²) in [5.41, 5.74) is 2.94. The number of likely N-dealkylation sites (tertiary alicyclic amines) is 1. The van der Waals surface area contributed by atoms with E-state index >= 15 is 0 Å². The smallest absolute Gasteiger partial charge is 0.336 e. The van der Waals surface area contributed by atoms with Gasteiger partial charge in [-0.3, -0.25) is 4.79 Å². The van der Waals surface area contributed by atoms with Crippen LogP contribution in [0, 0.1) is 0 Å². The molecule has 1 amide bonds. The highest BCUT2D eigenvalue weighted by Gasteiger charge is 2.18. The second kappa shape index (κ2) is 6.65. The predicted octanol–water partition coefficient (Wildman–Crippen LogP) is 3.56. The number of aromatic carboxylic acids is 1. The standard InChI is InChI=1S/C19H19NO3/c21-18-7-3-4-12-20(18)13-14-8-10-15(11-9-14)16-5-1-2-6-17(16)19(22)23/h1-2,5-6,8-11H,3-4,7,12-13H2,(H,22,23). The van der Waals surface area contributed by atoms with Crippen molar-refractivity contribution < 1.29 is 14.7 Å². The lowest BCUT2D eigenvalue weighted by Crippen LogP contribution is -2.34. The Bertz CT molecular complexity index is 722. The van der Waals surface area contributed by atoms with Gasteiger partial charge in [0.15, 0.2) is 0 Å². The van der Waals surface area contributed by atoms with E-state index in [1.54, 1.807) is 12.1 Å². The van der Waals surface area contributed by atoms with Crippen LogP contribution in [0.5, 0.6) is 0 Å². The maximum absolute atomic E-state index is 11.9. The summed E-state index contributed by atoms with van der Waals surface area (Å²) >= 11 is 0. The molecule has 4 heteroatoms. The average molecular weight is 309 g/mol. The minimum Gasteiger partial charge on any atom is -0.478 e. The topological polar surface area (TPSA) is 57.6 Å². The van der Waals surface area contributed by atoms with Gasteiger partial charge in [0.05, 0.1) is 5.56 Å². The summed E-state index contributed by atoms with van der Waals surface area (Å²) in [6.07, 6.45) is 2.69. The van der Waals surface area contributed by atoms with E-state index < -0.39 is 5.97 Å². The monoisotopic (exact) mass is 309 g/mol. The zero-order chi connectivity index (χ0) is 16.2. The van der Waals surface area contributed by atoms with Gasteiger partial charge in [-0.15, -0.1) is 0 Å². The van der Waals surface area contributed by atoms with Crippen LogP contribution in [0.4, 0.5) is 0 Å². The predicted molar refractivity (Wildman–Crippen MR) is 88.1 cm³/mol. The van der Waals surface area contributed by atoms with Crippen LogP contribution in [-0.2, 0) is 11.3 Å².